The lowest BCUT2D eigenvalue weighted by atomic mass is 10.1. The van der Waals surface area contributed by atoms with Gasteiger partial charge in [-0.25, -0.2) is 0 Å². The molecule has 0 saturated heterocycles. The molecular formula is C35H25ClO4S7. The Morgan fingerprint density at radius 3 is 1.49 bits per heavy atom. The third-order valence-corrected chi connectivity index (χ3v) is 16.7. The molecule has 0 atom stereocenters. The quantitative estimate of drug-likeness (QED) is 0.145. The van der Waals surface area contributed by atoms with Crippen molar-refractivity contribution in [1.29, 1.82) is 0 Å². The van der Waals surface area contributed by atoms with E-state index >= 15 is 0 Å². The van der Waals surface area contributed by atoms with E-state index in [9.17, 15) is 19.8 Å². The second-order valence-electron chi connectivity index (χ2n) is 11.0. The number of carbonyl (C=O) groups is 2. The van der Waals surface area contributed by atoms with Crippen LogP contribution in [0.25, 0.3) is 58.5 Å². The van der Waals surface area contributed by atoms with Crippen molar-refractivity contribution in [2.24, 2.45) is 0 Å². The van der Waals surface area contributed by atoms with Crippen molar-refractivity contribution in [1.82, 2.24) is 0 Å². The fourth-order valence-corrected chi connectivity index (χ4v) is 13.9. The number of hydrogen-bond acceptors (Lipinski definition) is 9. The van der Waals surface area contributed by atoms with Crippen LogP contribution in [0.3, 0.4) is 0 Å². The van der Waals surface area contributed by atoms with E-state index in [1.54, 1.807) is 79.4 Å². The molecule has 0 radical (unpaired) electrons. The molecule has 7 heterocycles. The first-order chi connectivity index (χ1) is 22.5. The molecule has 0 bridgehead atoms. The highest BCUT2D eigenvalue weighted by molar-refractivity contribution is 7.31. The number of thiophene rings is 7. The van der Waals surface area contributed by atoms with Gasteiger partial charge in [0.1, 0.15) is 0 Å². The Morgan fingerprint density at radius 2 is 0.936 bits per heavy atom. The lowest BCUT2D eigenvalue weighted by Crippen LogP contribution is -1.99. The smallest absolute Gasteiger partial charge is 0.307 e. The lowest BCUT2D eigenvalue weighted by Gasteiger charge is -1.98. The molecule has 0 saturated carbocycles. The van der Waals surface area contributed by atoms with Crippen molar-refractivity contribution in [3.8, 4) is 58.5 Å². The zero-order valence-corrected chi connectivity index (χ0v) is 31.6. The highest BCUT2D eigenvalue weighted by Crippen LogP contribution is 2.49. The third kappa shape index (κ3) is 6.73. The molecule has 12 heteroatoms. The average molecular weight is 770 g/mol. The van der Waals surface area contributed by atoms with Gasteiger partial charge in [0.2, 0.25) is 0 Å². The Labute approximate surface area is 304 Å². The van der Waals surface area contributed by atoms with E-state index in [1.165, 1.54) is 25.1 Å². The van der Waals surface area contributed by atoms with Crippen LogP contribution < -0.4 is 0 Å². The lowest BCUT2D eigenvalue weighted by molar-refractivity contribution is -0.137. The minimum Gasteiger partial charge on any atom is -0.481 e. The van der Waals surface area contributed by atoms with Gasteiger partial charge in [-0.15, -0.1) is 79.4 Å². The van der Waals surface area contributed by atoms with Crippen LogP contribution in [0.2, 0.25) is 4.34 Å². The van der Waals surface area contributed by atoms with E-state index in [0.29, 0.717) is 0 Å². The van der Waals surface area contributed by atoms with E-state index < -0.39 is 11.9 Å². The van der Waals surface area contributed by atoms with Gasteiger partial charge in [0, 0.05) is 63.4 Å². The Hall–Kier alpha value is -2.87. The normalized spacial score (nSPS) is 11.5. The molecule has 7 aromatic heterocycles. The van der Waals surface area contributed by atoms with Crippen LogP contribution in [0, 0.1) is 20.8 Å². The summed E-state index contributed by atoms with van der Waals surface area (Å²) in [5, 5.41) is 19.1. The molecule has 0 aliphatic heterocycles. The first-order valence-electron chi connectivity index (χ1n) is 14.4. The largest absolute Gasteiger partial charge is 0.481 e. The number of aliphatic carboxylic acids is 2. The summed E-state index contributed by atoms with van der Waals surface area (Å²) < 4.78 is 0.763. The van der Waals surface area contributed by atoms with Crippen LogP contribution in [0.4, 0.5) is 0 Å². The fourth-order valence-electron chi connectivity index (χ4n) is 5.43. The molecular weight excluding hydrogens is 744 g/mol. The van der Waals surface area contributed by atoms with Crippen LogP contribution >= 0.6 is 91.0 Å². The number of aryl methyl sites for hydroxylation is 3. The van der Waals surface area contributed by atoms with Crippen LogP contribution in [0.5, 0.6) is 0 Å². The number of carboxylic acid groups (broad SMARTS) is 2. The SMILES string of the molecule is Cc1cc(CC(=O)O)c(-c2ccc(-c3sc(-c4ccc(-c5cc(CC(=O)O)c(-c6ccc(-c7sc(Cl)cc7C)s6)s5)s4)cc3C)s2)s1. The Kier molecular flexibility index (Phi) is 9.18. The average Bonchev–Trinajstić information content (AvgIpc) is 3.82. The predicted molar refractivity (Wildman–Crippen MR) is 206 cm³/mol. The molecule has 0 aliphatic carbocycles. The maximum Gasteiger partial charge on any atom is 0.307 e. The molecule has 0 aliphatic rings. The maximum atomic E-state index is 11.8. The van der Waals surface area contributed by atoms with Crippen LogP contribution in [-0.2, 0) is 22.4 Å². The molecule has 0 unspecified atom stereocenters. The van der Waals surface area contributed by atoms with E-state index in [2.05, 4.69) is 56.3 Å². The second-order valence-corrected chi connectivity index (χ2v) is 19.3. The number of rotatable bonds is 10. The summed E-state index contributed by atoms with van der Waals surface area (Å²) in [6, 6.07) is 21.0. The summed E-state index contributed by atoms with van der Waals surface area (Å²) in [7, 11) is 0. The van der Waals surface area contributed by atoms with Gasteiger partial charge in [0.25, 0.3) is 0 Å². The van der Waals surface area contributed by atoms with Crippen molar-refractivity contribution in [2.75, 3.05) is 0 Å². The van der Waals surface area contributed by atoms with Gasteiger partial charge in [-0.1, -0.05) is 11.6 Å². The van der Waals surface area contributed by atoms with Crippen molar-refractivity contribution in [3.63, 3.8) is 0 Å². The minimum absolute atomic E-state index is 0.0257. The monoisotopic (exact) mass is 768 g/mol. The Balaban J connectivity index is 1.17. The summed E-state index contributed by atoms with van der Waals surface area (Å²) >= 11 is 18.0. The van der Waals surface area contributed by atoms with Gasteiger partial charge in [-0.05, 0) is 104 Å². The molecule has 0 fully saturated rings. The van der Waals surface area contributed by atoms with Crippen molar-refractivity contribution >= 4 is 103 Å². The first kappa shape index (κ1) is 32.7. The van der Waals surface area contributed by atoms with Crippen molar-refractivity contribution in [2.45, 2.75) is 33.6 Å². The van der Waals surface area contributed by atoms with Gasteiger partial charge in [-0.2, -0.15) is 0 Å². The zero-order chi connectivity index (χ0) is 33.0. The topological polar surface area (TPSA) is 74.6 Å². The molecule has 7 aromatic rings. The van der Waals surface area contributed by atoms with Crippen LogP contribution in [0.15, 0.2) is 60.7 Å². The molecule has 0 spiro atoms. The first-order valence-corrected chi connectivity index (χ1v) is 20.5. The molecule has 4 nitrogen and oxygen atoms in total. The summed E-state index contributed by atoms with van der Waals surface area (Å²) in [6.07, 6.45) is -0.00184. The summed E-state index contributed by atoms with van der Waals surface area (Å²) in [5.74, 6) is -1.66. The highest BCUT2D eigenvalue weighted by Gasteiger charge is 2.21. The molecule has 2 N–H and O–H groups in total. The summed E-state index contributed by atoms with van der Waals surface area (Å²) in [6.45, 7) is 6.22. The molecule has 7 rings (SSSR count). The number of halogens is 1. The highest BCUT2D eigenvalue weighted by atomic mass is 35.5. The van der Waals surface area contributed by atoms with Gasteiger partial charge >= 0.3 is 11.9 Å². The molecule has 238 valence electrons. The number of carboxylic acids is 2. The van der Waals surface area contributed by atoms with Crippen molar-refractivity contribution < 1.29 is 19.8 Å². The zero-order valence-electron chi connectivity index (χ0n) is 25.1. The van der Waals surface area contributed by atoms with E-state index in [4.69, 9.17) is 11.6 Å². The molecule has 47 heavy (non-hydrogen) atoms. The van der Waals surface area contributed by atoms with E-state index in [0.717, 1.165) is 64.9 Å². The number of hydrogen-bond donors (Lipinski definition) is 2. The Bertz CT molecular complexity index is 2280. The molecule has 0 amide bonds. The van der Waals surface area contributed by atoms with Gasteiger partial charge in [0.05, 0.1) is 17.2 Å². The Morgan fingerprint density at radius 1 is 0.511 bits per heavy atom. The van der Waals surface area contributed by atoms with E-state index in [1.807, 2.05) is 25.1 Å². The van der Waals surface area contributed by atoms with Crippen LogP contribution in [-0.4, -0.2) is 22.2 Å². The third-order valence-electron chi connectivity index (χ3n) is 7.43. The van der Waals surface area contributed by atoms with Crippen molar-refractivity contribution in [3.05, 3.63) is 92.1 Å². The van der Waals surface area contributed by atoms with Gasteiger partial charge in [0.15, 0.2) is 0 Å². The summed E-state index contributed by atoms with van der Waals surface area (Å²) in [5.41, 5.74) is 4.05. The second kappa shape index (κ2) is 13.2. The maximum absolute atomic E-state index is 11.8. The standard InChI is InChI=1S/C35H25ClO4S7/c1-16-10-27(45-32(16)23-6-8-25(43-23)34-19(14-30(37)38)12-18(3)41-34)21-4-5-22(42-21)28-13-20(15-31(39)40)35(46-28)26-9-7-24(44-26)33-17(2)11-29(36)47-33/h4-13H,14-15H2,1-3H3,(H,37,38)(H,39,40). The summed E-state index contributed by atoms with van der Waals surface area (Å²) in [4.78, 5) is 37.8. The predicted octanol–water partition coefficient (Wildman–Crippen LogP) is 13.0. The van der Waals surface area contributed by atoms with E-state index in [-0.39, 0.29) is 12.8 Å². The molecule has 0 aromatic carbocycles. The van der Waals surface area contributed by atoms with Crippen LogP contribution in [0.1, 0.15) is 27.1 Å². The fraction of sp³-hybridized carbons (Fsp3) is 0.143. The van der Waals surface area contributed by atoms with Gasteiger partial charge < -0.3 is 10.2 Å². The minimum atomic E-state index is -0.842. The van der Waals surface area contributed by atoms with Gasteiger partial charge in [-0.3, -0.25) is 9.59 Å².